The van der Waals surface area contributed by atoms with Gasteiger partial charge in [-0.15, -0.1) is 0 Å². The van der Waals surface area contributed by atoms with Gasteiger partial charge in [-0.05, 0) is 60.7 Å². The Kier molecular flexibility index (Phi) is 6.45. The van der Waals surface area contributed by atoms with Crippen molar-refractivity contribution in [1.82, 2.24) is 14.7 Å². The maximum atomic E-state index is 16.3. The van der Waals surface area contributed by atoms with E-state index in [0.29, 0.717) is 45.5 Å². The molecule has 226 valence electrons. The molecular weight excluding hydrogens is 606 g/mol. The highest BCUT2D eigenvalue weighted by atomic mass is 35.5. The monoisotopic (exact) mass is 634 g/mol. The number of nitrogens with zero attached hydrogens (tertiary/aromatic N) is 3. The molecule has 4 aliphatic rings. The second-order valence-corrected chi connectivity index (χ2v) is 13.2. The van der Waals surface area contributed by atoms with Crippen molar-refractivity contribution in [2.75, 3.05) is 18.5 Å². The number of aromatic carboxylic acids is 1. The molecule has 0 radical (unpaired) electrons. The average Bonchev–Trinajstić information content (AvgIpc) is 3.62. The van der Waals surface area contributed by atoms with Crippen LogP contribution in [0.1, 0.15) is 65.5 Å². The molecule has 1 amide bonds. The number of carbonyl (C=O) groups excluding carboxylic acids is 1. The molecule has 44 heavy (non-hydrogen) atoms. The second kappa shape index (κ2) is 10.2. The number of carboxylic acids is 1. The van der Waals surface area contributed by atoms with Crippen LogP contribution < -0.4 is 10.1 Å². The first-order valence-corrected chi connectivity index (χ1v) is 15.7. The number of likely N-dealkylation sites (tertiary alicyclic amines) is 1. The molecular formula is C33H29Cl2FN4O4. The molecule has 1 spiro atoms. The molecule has 11 heteroatoms. The van der Waals surface area contributed by atoms with E-state index in [1.54, 1.807) is 35.0 Å². The van der Waals surface area contributed by atoms with Gasteiger partial charge in [-0.2, -0.15) is 5.10 Å². The number of rotatable bonds is 4. The normalized spacial score (nSPS) is 26.3. The number of hydrogen-bond donors (Lipinski definition) is 2. The van der Waals surface area contributed by atoms with Crippen LogP contribution >= 0.6 is 23.2 Å². The number of carboxylic acid groups (broad SMARTS) is 1. The molecule has 0 bridgehead atoms. The van der Waals surface area contributed by atoms with Crippen molar-refractivity contribution in [3.63, 3.8) is 0 Å². The van der Waals surface area contributed by atoms with E-state index in [4.69, 9.17) is 33.0 Å². The van der Waals surface area contributed by atoms with Gasteiger partial charge in [0.15, 0.2) is 0 Å². The lowest BCUT2D eigenvalue weighted by Crippen LogP contribution is -2.54. The van der Waals surface area contributed by atoms with Gasteiger partial charge in [0.05, 0.1) is 33.6 Å². The smallest absolute Gasteiger partial charge is 0.335 e. The number of halogens is 3. The van der Waals surface area contributed by atoms with Gasteiger partial charge in [-0.3, -0.25) is 9.69 Å². The van der Waals surface area contributed by atoms with E-state index in [1.165, 1.54) is 24.6 Å². The van der Waals surface area contributed by atoms with Gasteiger partial charge in [-0.1, -0.05) is 60.7 Å². The number of nitrogens with one attached hydrogen (secondary N) is 1. The van der Waals surface area contributed by atoms with Crippen LogP contribution in [0.3, 0.4) is 0 Å². The lowest BCUT2D eigenvalue weighted by Gasteiger charge is -2.41. The molecule has 4 atom stereocenters. The number of ether oxygens (including phenoxy) is 1. The van der Waals surface area contributed by atoms with Crippen molar-refractivity contribution in [1.29, 1.82) is 0 Å². The van der Waals surface area contributed by atoms with Crippen molar-refractivity contribution in [2.24, 2.45) is 5.92 Å². The molecule has 2 fully saturated rings. The molecule has 4 aromatic rings. The fraction of sp³-hybridized carbons (Fsp3) is 0.364. The van der Waals surface area contributed by atoms with Crippen LogP contribution in [0.15, 0.2) is 54.6 Å². The molecule has 1 saturated heterocycles. The van der Waals surface area contributed by atoms with E-state index in [9.17, 15) is 14.7 Å². The summed E-state index contributed by atoms with van der Waals surface area (Å²) in [6.45, 7) is 0.869. The Labute approximate surface area is 262 Å². The zero-order valence-electron chi connectivity index (χ0n) is 23.6. The quantitative estimate of drug-likeness (QED) is 0.251. The molecule has 0 unspecified atom stereocenters. The highest BCUT2D eigenvalue weighted by Crippen LogP contribution is 2.63. The van der Waals surface area contributed by atoms with Crippen LogP contribution in [0.2, 0.25) is 10.0 Å². The highest BCUT2D eigenvalue weighted by Gasteiger charge is 2.69. The highest BCUT2D eigenvalue weighted by molar-refractivity contribution is 6.31. The average molecular weight is 636 g/mol. The van der Waals surface area contributed by atoms with Gasteiger partial charge in [0.2, 0.25) is 11.8 Å². The number of benzene rings is 3. The van der Waals surface area contributed by atoms with Crippen molar-refractivity contribution in [2.45, 2.75) is 55.6 Å². The topological polar surface area (TPSA) is 96.7 Å². The molecule has 4 heterocycles. The van der Waals surface area contributed by atoms with Crippen molar-refractivity contribution >= 4 is 51.7 Å². The minimum Gasteiger partial charge on any atom is -0.478 e. The fourth-order valence-corrected chi connectivity index (χ4v) is 8.65. The Hall–Kier alpha value is -3.66. The number of hydrogen-bond acceptors (Lipinski definition) is 5. The van der Waals surface area contributed by atoms with Crippen LogP contribution in [-0.2, 0) is 10.3 Å². The second-order valence-electron chi connectivity index (χ2n) is 12.3. The summed E-state index contributed by atoms with van der Waals surface area (Å²) < 4.78 is 24.5. The van der Waals surface area contributed by atoms with Gasteiger partial charge >= 0.3 is 5.97 Å². The minimum atomic E-state index is -1.31. The molecule has 8 rings (SSSR count). The Morgan fingerprint density at radius 2 is 1.93 bits per heavy atom. The van der Waals surface area contributed by atoms with Crippen molar-refractivity contribution < 1.29 is 23.8 Å². The largest absolute Gasteiger partial charge is 0.478 e. The van der Waals surface area contributed by atoms with Crippen LogP contribution in [0.25, 0.3) is 10.9 Å². The molecule has 3 aromatic carbocycles. The number of aromatic nitrogens is 2. The molecule has 2 N–H and O–H groups in total. The third kappa shape index (κ3) is 3.88. The molecule has 1 aliphatic carbocycles. The molecule has 1 saturated carbocycles. The maximum absolute atomic E-state index is 16.3. The predicted molar refractivity (Wildman–Crippen MR) is 164 cm³/mol. The van der Waals surface area contributed by atoms with E-state index in [2.05, 4.69) is 10.2 Å². The first-order valence-electron chi connectivity index (χ1n) is 15.0. The first-order chi connectivity index (χ1) is 21.3. The van der Waals surface area contributed by atoms with Crippen LogP contribution in [0, 0.1) is 11.7 Å². The van der Waals surface area contributed by atoms with Gasteiger partial charge in [0.1, 0.15) is 18.0 Å². The SMILES string of the molecule is O=C(O)c1ccc2c3n(nc2c1)[C@@H]1[C@H](CO3)N(CC2CCCCC2)[C@@]2(C(=O)Nc3cc(Cl)ccc32)[C@H]1c1cccc(Cl)c1F. The molecule has 3 aliphatic heterocycles. The summed E-state index contributed by atoms with van der Waals surface area (Å²) in [5.74, 6) is -1.83. The molecule has 1 aromatic heterocycles. The van der Waals surface area contributed by atoms with Crippen LogP contribution in [-0.4, -0.2) is 50.9 Å². The van der Waals surface area contributed by atoms with E-state index < -0.39 is 29.3 Å². The fourth-order valence-electron chi connectivity index (χ4n) is 8.29. The third-order valence-electron chi connectivity index (χ3n) is 10.1. The van der Waals surface area contributed by atoms with E-state index in [-0.39, 0.29) is 29.1 Å². The summed E-state index contributed by atoms with van der Waals surface area (Å²) in [6.07, 6.45) is 5.54. The van der Waals surface area contributed by atoms with Gasteiger partial charge in [0.25, 0.3) is 0 Å². The summed E-state index contributed by atoms with van der Waals surface area (Å²) in [6, 6.07) is 14.1. The standard InChI is InChI=1S/C33H29Cl2FN4O4/c34-19-10-12-22-25(14-19)37-32(43)33(22)27(21-7-4-8-23(35)28(21)36)29-26(39(33)15-17-5-2-1-3-6-17)16-44-30-20-11-9-18(31(41)42)13-24(20)38-40(29)30/h4,7-14,17,26-27,29H,1-3,5-6,15-16H2,(H,37,43)(H,41,42)/t26-,27-,29+,33+/m0/s1. The Bertz CT molecular complexity index is 1860. The van der Waals surface area contributed by atoms with Crippen LogP contribution in [0.5, 0.6) is 5.88 Å². The van der Waals surface area contributed by atoms with Gasteiger partial charge < -0.3 is 15.2 Å². The van der Waals surface area contributed by atoms with E-state index >= 15 is 4.39 Å². The van der Waals surface area contributed by atoms with Crippen molar-refractivity contribution in [3.8, 4) is 5.88 Å². The van der Waals surface area contributed by atoms with Gasteiger partial charge in [-0.25, -0.2) is 13.9 Å². The lowest BCUT2D eigenvalue weighted by atomic mass is 9.73. The summed E-state index contributed by atoms with van der Waals surface area (Å²) >= 11 is 12.8. The summed E-state index contributed by atoms with van der Waals surface area (Å²) in [7, 11) is 0. The minimum absolute atomic E-state index is 0.0290. The lowest BCUT2D eigenvalue weighted by molar-refractivity contribution is -0.128. The Morgan fingerprint density at radius 3 is 2.73 bits per heavy atom. The Balaban J connectivity index is 1.41. The molecule has 8 nitrogen and oxygen atoms in total. The first kappa shape index (κ1) is 27.9. The predicted octanol–water partition coefficient (Wildman–Crippen LogP) is 7.01. The van der Waals surface area contributed by atoms with E-state index in [1.807, 2.05) is 6.07 Å². The van der Waals surface area contributed by atoms with Crippen molar-refractivity contribution in [3.05, 3.63) is 87.2 Å². The number of fused-ring (bicyclic) bond motifs is 7. The third-order valence-corrected chi connectivity index (χ3v) is 10.6. The van der Waals surface area contributed by atoms with Crippen LogP contribution in [0.4, 0.5) is 10.1 Å². The Morgan fingerprint density at radius 1 is 1.11 bits per heavy atom. The zero-order valence-corrected chi connectivity index (χ0v) is 25.1. The van der Waals surface area contributed by atoms with Gasteiger partial charge in [0, 0.05) is 28.7 Å². The maximum Gasteiger partial charge on any atom is 0.335 e. The zero-order chi connectivity index (χ0) is 30.3. The van der Waals surface area contributed by atoms with E-state index in [0.717, 1.165) is 31.2 Å². The number of anilines is 1. The summed E-state index contributed by atoms with van der Waals surface area (Å²) in [4.78, 5) is 28.7. The number of carbonyl (C=O) groups is 2. The summed E-state index contributed by atoms with van der Waals surface area (Å²) in [5.41, 5.74) is 0.884. The summed E-state index contributed by atoms with van der Waals surface area (Å²) in [5, 5.41) is 18.7. The number of amides is 1.